The highest BCUT2D eigenvalue weighted by Crippen LogP contribution is 2.26. The van der Waals surface area contributed by atoms with Gasteiger partial charge in [-0.25, -0.2) is 8.42 Å². The maximum atomic E-state index is 12.6. The first-order valence-electron chi connectivity index (χ1n) is 8.67. The number of carbonyl (C=O) groups is 1. The summed E-state index contributed by atoms with van der Waals surface area (Å²) in [5, 5.41) is 12.7. The second-order valence-electron chi connectivity index (χ2n) is 6.90. The van der Waals surface area contributed by atoms with Crippen LogP contribution in [0.15, 0.2) is 35.2 Å². The second kappa shape index (κ2) is 8.67. The number of amides is 1. The summed E-state index contributed by atoms with van der Waals surface area (Å²) < 4.78 is 26.7. The van der Waals surface area contributed by atoms with Crippen molar-refractivity contribution >= 4 is 28.3 Å². The Morgan fingerprint density at radius 2 is 1.77 bits per heavy atom. The van der Waals surface area contributed by atoms with Crippen LogP contribution in [0.5, 0.6) is 0 Å². The SMILES string of the molecule is Cl.N[C@H]1C[C@H](C(=O)NC2CCN(S(=O)(=O)c3ccccc3)CC2)C[C@@H]1O. The summed E-state index contributed by atoms with van der Waals surface area (Å²) in [4.78, 5) is 12.6. The van der Waals surface area contributed by atoms with Crippen molar-refractivity contribution in [2.45, 2.75) is 48.8 Å². The average molecular weight is 404 g/mol. The lowest BCUT2D eigenvalue weighted by Crippen LogP contribution is -2.47. The molecule has 2 aliphatic rings. The molecule has 1 aliphatic carbocycles. The molecule has 0 unspecified atom stereocenters. The number of rotatable bonds is 4. The van der Waals surface area contributed by atoms with Crippen molar-refractivity contribution in [1.82, 2.24) is 9.62 Å². The van der Waals surface area contributed by atoms with E-state index >= 15 is 0 Å². The molecule has 0 aromatic heterocycles. The normalized spacial score (nSPS) is 27.7. The molecule has 4 N–H and O–H groups in total. The first-order chi connectivity index (χ1) is 11.9. The van der Waals surface area contributed by atoms with Gasteiger partial charge in [-0.3, -0.25) is 4.79 Å². The lowest BCUT2D eigenvalue weighted by atomic mass is 10.0. The van der Waals surface area contributed by atoms with E-state index in [0.717, 1.165) is 0 Å². The molecule has 0 spiro atoms. The first kappa shape index (κ1) is 21.1. The van der Waals surface area contributed by atoms with Crippen LogP contribution < -0.4 is 11.1 Å². The van der Waals surface area contributed by atoms with Crippen molar-refractivity contribution in [3.8, 4) is 0 Å². The summed E-state index contributed by atoms with van der Waals surface area (Å²) in [7, 11) is -3.47. The van der Waals surface area contributed by atoms with Crippen LogP contribution in [0.2, 0.25) is 0 Å². The number of nitrogens with one attached hydrogen (secondary N) is 1. The molecule has 9 heteroatoms. The van der Waals surface area contributed by atoms with E-state index < -0.39 is 16.1 Å². The van der Waals surface area contributed by atoms with Crippen LogP contribution >= 0.6 is 12.4 Å². The fraction of sp³-hybridized carbons (Fsp3) is 0.588. The van der Waals surface area contributed by atoms with Crippen molar-refractivity contribution in [1.29, 1.82) is 0 Å². The summed E-state index contributed by atoms with van der Waals surface area (Å²) in [6.07, 6.45) is 1.44. The standard InChI is InChI=1S/C17H25N3O4S.ClH/c18-15-10-12(11-16(15)21)17(22)19-13-6-8-20(9-7-13)25(23,24)14-4-2-1-3-5-14;/h1-5,12-13,15-16,21H,6-11,18H2,(H,19,22);1H/t12-,15-,16-;/m0./s1. The molecule has 1 heterocycles. The Morgan fingerprint density at radius 3 is 2.31 bits per heavy atom. The van der Waals surface area contributed by atoms with Crippen molar-refractivity contribution in [3.63, 3.8) is 0 Å². The van der Waals surface area contributed by atoms with E-state index in [4.69, 9.17) is 5.73 Å². The number of nitrogens with zero attached hydrogens (tertiary/aromatic N) is 1. The number of aliphatic hydroxyl groups excluding tert-OH is 1. The molecule has 3 rings (SSSR count). The van der Waals surface area contributed by atoms with Gasteiger partial charge in [0.1, 0.15) is 0 Å². The fourth-order valence-corrected chi connectivity index (χ4v) is 5.05. The number of nitrogens with two attached hydrogens (primary N) is 1. The molecule has 3 atom stereocenters. The van der Waals surface area contributed by atoms with Crippen molar-refractivity contribution in [2.24, 2.45) is 11.7 Å². The minimum Gasteiger partial charge on any atom is -0.391 e. The molecular weight excluding hydrogens is 378 g/mol. The lowest BCUT2D eigenvalue weighted by molar-refractivity contribution is -0.126. The van der Waals surface area contributed by atoms with E-state index in [1.54, 1.807) is 30.3 Å². The molecule has 1 aromatic carbocycles. The molecular formula is C17H26ClN3O4S. The third-order valence-corrected chi connectivity index (χ3v) is 7.04. The summed E-state index contributed by atoms with van der Waals surface area (Å²) in [6.45, 7) is 0.768. The lowest BCUT2D eigenvalue weighted by Gasteiger charge is -2.32. The molecule has 1 aliphatic heterocycles. The van der Waals surface area contributed by atoms with Gasteiger partial charge < -0.3 is 16.2 Å². The van der Waals surface area contributed by atoms with Crippen LogP contribution in [-0.4, -0.2) is 55.0 Å². The smallest absolute Gasteiger partial charge is 0.243 e. The number of sulfonamides is 1. The van der Waals surface area contributed by atoms with Crippen LogP contribution in [0.25, 0.3) is 0 Å². The molecule has 7 nitrogen and oxygen atoms in total. The van der Waals surface area contributed by atoms with Gasteiger partial charge in [0.25, 0.3) is 0 Å². The summed E-state index contributed by atoms with van der Waals surface area (Å²) in [5.74, 6) is -0.340. The molecule has 26 heavy (non-hydrogen) atoms. The molecule has 1 saturated heterocycles. The minimum absolute atomic E-state index is 0. The quantitative estimate of drug-likeness (QED) is 0.676. The number of benzene rings is 1. The van der Waals surface area contributed by atoms with Gasteiger partial charge in [-0.2, -0.15) is 4.31 Å². The number of hydrogen-bond donors (Lipinski definition) is 3. The van der Waals surface area contributed by atoms with Crippen LogP contribution in [0.4, 0.5) is 0 Å². The van der Waals surface area contributed by atoms with Crippen LogP contribution in [-0.2, 0) is 14.8 Å². The molecule has 2 fully saturated rings. The third kappa shape index (κ3) is 4.55. The Bertz CT molecular complexity index is 698. The predicted octanol–water partition coefficient (Wildman–Crippen LogP) is 0.476. The average Bonchev–Trinajstić information content (AvgIpc) is 2.95. The summed E-state index contributed by atoms with van der Waals surface area (Å²) >= 11 is 0. The Hall–Kier alpha value is -1.19. The van der Waals surface area contributed by atoms with E-state index in [9.17, 15) is 18.3 Å². The molecule has 1 amide bonds. The molecule has 0 bridgehead atoms. The third-order valence-electron chi connectivity index (χ3n) is 5.13. The van der Waals surface area contributed by atoms with Gasteiger partial charge in [0.2, 0.25) is 15.9 Å². The Morgan fingerprint density at radius 1 is 1.15 bits per heavy atom. The number of aliphatic hydroxyl groups is 1. The fourth-order valence-electron chi connectivity index (χ4n) is 3.56. The van der Waals surface area contributed by atoms with Gasteiger partial charge in [0.05, 0.1) is 11.0 Å². The number of halogens is 1. The number of hydrogen-bond acceptors (Lipinski definition) is 5. The van der Waals surface area contributed by atoms with E-state index in [1.165, 1.54) is 4.31 Å². The van der Waals surface area contributed by atoms with Gasteiger partial charge in [-0.1, -0.05) is 18.2 Å². The molecule has 0 radical (unpaired) electrons. The Kier molecular flexibility index (Phi) is 7.04. The van der Waals surface area contributed by atoms with Gasteiger partial charge >= 0.3 is 0 Å². The summed E-state index contributed by atoms with van der Waals surface area (Å²) in [5.41, 5.74) is 5.76. The highest BCUT2D eigenvalue weighted by atomic mass is 35.5. The molecule has 1 saturated carbocycles. The van der Waals surface area contributed by atoms with E-state index in [-0.39, 0.29) is 36.3 Å². The zero-order chi connectivity index (χ0) is 18.0. The Balaban J connectivity index is 0.00000243. The van der Waals surface area contributed by atoms with Gasteiger partial charge in [0, 0.05) is 31.1 Å². The highest BCUT2D eigenvalue weighted by molar-refractivity contribution is 7.89. The van der Waals surface area contributed by atoms with Crippen LogP contribution in [0.1, 0.15) is 25.7 Å². The van der Waals surface area contributed by atoms with E-state index in [2.05, 4.69) is 5.32 Å². The zero-order valence-electron chi connectivity index (χ0n) is 14.5. The van der Waals surface area contributed by atoms with Crippen molar-refractivity contribution < 1.29 is 18.3 Å². The maximum Gasteiger partial charge on any atom is 0.243 e. The summed E-state index contributed by atoms with van der Waals surface area (Å²) in [6, 6.07) is 8.01. The van der Waals surface area contributed by atoms with Crippen LogP contribution in [0, 0.1) is 5.92 Å². The van der Waals surface area contributed by atoms with Gasteiger partial charge in [0.15, 0.2) is 0 Å². The van der Waals surface area contributed by atoms with Crippen molar-refractivity contribution in [3.05, 3.63) is 30.3 Å². The Labute approximate surface area is 160 Å². The minimum atomic E-state index is -3.47. The number of piperidine rings is 1. The molecule has 1 aromatic rings. The maximum absolute atomic E-state index is 12.6. The first-order valence-corrected chi connectivity index (χ1v) is 10.1. The topological polar surface area (TPSA) is 113 Å². The predicted molar refractivity (Wildman–Crippen MR) is 100 cm³/mol. The number of carbonyl (C=O) groups excluding carboxylic acids is 1. The molecule has 146 valence electrons. The van der Waals surface area contributed by atoms with Gasteiger partial charge in [-0.15, -0.1) is 12.4 Å². The highest BCUT2D eigenvalue weighted by Gasteiger charge is 2.36. The van der Waals surface area contributed by atoms with Crippen molar-refractivity contribution in [2.75, 3.05) is 13.1 Å². The monoisotopic (exact) mass is 403 g/mol. The van der Waals surface area contributed by atoms with E-state index in [0.29, 0.717) is 43.7 Å². The largest absolute Gasteiger partial charge is 0.391 e. The van der Waals surface area contributed by atoms with Crippen LogP contribution in [0.3, 0.4) is 0 Å². The zero-order valence-corrected chi connectivity index (χ0v) is 16.1. The van der Waals surface area contributed by atoms with E-state index in [1.807, 2.05) is 0 Å². The van der Waals surface area contributed by atoms with Gasteiger partial charge in [-0.05, 0) is 37.8 Å². The second-order valence-corrected chi connectivity index (χ2v) is 8.84.